The summed E-state index contributed by atoms with van der Waals surface area (Å²) in [5, 5.41) is 3.58. The van der Waals surface area contributed by atoms with Gasteiger partial charge < -0.3 is 4.84 Å². The Bertz CT molecular complexity index is 264. The van der Waals surface area contributed by atoms with Crippen LogP contribution in [0, 0.1) is 0 Å². The van der Waals surface area contributed by atoms with E-state index in [1.165, 1.54) is 7.11 Å². The molecule has 0 aliphatic carbocycles. The molecule has 1 aromatic carbocycles. The van der Waals surface area contributed by atoms with Crippen molar-refractivity contribution >= 4 is 12.3 Å². The third-order valence-corrected chi connectivity index (χ3v) is 1.34. The molecule has 0 unspecified atom stereocenters. The Labute approximate surface area is 72.2 Å². The van der Waals surface area contributed by atoms with Crippen LogP contribution in [-0.2, 0) is 4.84 Å². The number of rotatable bonds is 3. The van der Waals surface area contributed by atoms with E-state index in [1.54, 1.807) is 6.21 Å². The van der Waals surface area contributed by atoms with E-state index in [0.717, 1.165) is 5.56 Å². The van der Waals surface area contributed by atoms with Gasteiger partial charge in [-0.1, -0.05) is 41.6 Å². The molecule has 1 rings (SSSR count). The first-order valence-electron chi connectivity index (χ1n) is 3.72. The first-order valence-corrected chi connectivity index (χ1v) is 3.72. The highest BCUT2D eigenvalue weighted by molar-refractivity contribution is 5.77. The van der Waals surface area contributed by atoms with Crippen LogP contribution in [0.3, 0.4) is 0 Å². The smallest absolute Gasteiger partial charge is 0.106 e. The summed E-state index contributed by atoms with van der Waals surface area (Å²) in [6, 6.07) is 10.0. The second kappa shape index (κ2) is 5.13. The highest BCUT2D eigenvalue weighted by atomic mass is 16.6. The fraction of sp³-hybridized carbons (Fsp3) is 0.100. The molecule has 0 saturated heterocycles. The van der Waals surface area contributed by atoms with Crippen molar-refractivity contribution in [2.75, 3.05) is 7.11 Å². The van der Waals surface area contributed by atoms with E-state index in [9.17, 15) is 0 Å². The molecule has 0 N–H and O–H groups in total. The van der Waals surface area contributed by atoms with Crippen molar-refractivity contribution in [3.8, 4) is 0 Å². The van der Waals surface area contributed by atoms with Crippen LogP contribution >= 0.6 is 0 Å². The van der Waals surface area contributed by atoms with Crippen molar-refractivity contribution in [3.05, 3.63) is 42.0 Å². The van der Waals surface area contributed by atoms with Gasteiger partial charge in [-0.25, -0.2) is 0 Å². The minimum absolute atomic E-state index is 1.15. The van der Waals surface area contributed by atoms with Gasteiger partial charge in [0.15, 0.2) is 0 Å². The van der Waals surface area contributed by atoms with Gasteiger partial charge in [0, 0.05) is 0 Å². The third-order valence-electron chi connectivity index (χ3n) is 1.34. The van der Waals surface area contributed by atoms with Crippen molar-refractivity contribution in [1.29, 1.82) is 0 Å². The molecule has 12 heavy (non-hydrogen) atoms. The van der Waals surface area contributed by atoms with Crippen LogP contribution in [0.1, 0.15) is 5.56 Å². The molecular weight excluding hydrogens is 150 g/mol. The number of nitrogens with zero attached hydrogens (tertiary/aromatic N) is 1. The minimum atomic E-state index is 1.15. The molecule has 62 valence electrons. The van der Waals surface area contributed by atoms with E-state index in [1.807, 2.05) is 42.5 Å². The Balaban J connectivity index is 2.52. The maximum Gasteiger partial charge on any atom is 0.106 e. The lowest BCUT2D eigenvalue weighted by atomic mass is 10.2. The second-order valence-corrected chi connectivity index (χ2v) is 2.21. The second-order valence-electron chi connectivity index (χ2n) is 2.21. The summed E-state index contributed by atoms with van der Waals surface area (Å²) in [6.45, 7) is 0. The summed E-state index contributed by atoms with van der Waals surface area (Å²) >= 11 is 0. The Morgan fingerprint density at radius 1 is 1.25 bits per heavy atom. The van der Waals surface area contributed by atoms with E-state index in [2.05, 4.69) is 9.99 Å². The van der Waals surface area contributed by atoms with Crippen molar-refractivity contribution in [1.82, 2.24) is 0 Å². The molecule has 0 bridgehead atoms. The van der Waals surface area contributed by atoms with Crippen LogP contribution in [0.5, 0.6) is 0 Å². The molecule has 0 spiro atoms. The molecule has 0 saturated carbocycles. The topological polar surface area (TPSA) is 21.6 Å². The monoisotopic (exact) mass is 161 g/mol. The highest BCUT2D eigenvalue weighted by Gasteiger charge is 1.79. The average Bonchev–Trinajstić information content (AvgIpc) is 2.14. The summed E-state index contributed by atoms with van der Waals surface area (Å²) < 4.78 is 0. The predicted octanol–water partition coefficient (Wildman–Crippen LogP) is 2.33. The molecular formula is C10H11NO. The normalized spacial score (nSPS) is 11.1. The molecule has 2 heteroatoms. The van der Waals surface area contributed by atoms with Crippen LogP contribution < -0.4 is 0 Å². The minimum Gasteiger partial charge on any atom is -0.399 e. The summed E-state index contributed by atoms with van der Waals surface area (Å²) in [5.41, 5.74) is 1.15. The van der Waals surface area contributed by atoms with E-state index < -0.39 is 0 Å². The van der Waals surface area contributed by atoms with Gasteiger partial charge in [-0.3, -0.25) is 0 Å². The predicted molar refractivity (Wildman–Crippen MR) is 51.0 cm³/mol. The van der Waals surface area contributed by atoms with E-state index >= 15 is 0 Å². The number of hydrogen-bond donors (Lipinski definition) is 0. The third kappa shape index (κ3) is 3.01. The van der Waals surface area contributed by atoms with Gasteiger partial charge in [0.1, 0.15) is 7.11 Å². The number of allylic oxidation sites excluding steroid dienone is 1. The maximum absolute atomic E-state index is 4.50. The number of hydrogen-bond acceptors (Lipinski definition) is 2. The zero-order valence-corrected chi connectivity index (χ0v) is 6.97. The van der Waals surface area contributed by atoms with Gasteiger partial charge in [0.05, 0.1) is 6.21 Å². The van der Waals surface area contributed by atoms with Gasteiger partial charge in [-0.05, 0) is 11.6 Å². The molecule has 0 aliphatic rings. The number of benzene rings is 1. The lowest BCUT2D eigenvalue weighted by Crippen LogP contribution is -1.71. The fourth-order valence-corrected chi connectivity index (χ4v) is 0.814. The van der Waals surface area contributed by atoms with Crippen molar-refractivity contribution < 1.29 is 4.84 Å². The fourth-order valence-electron chi connectivity index (χ4n) is 0.814. The average molecular weight is 161 g/mol. The standard InChI is InChI=1S/C10H11NO/c1-12-11-9-5-8-10-6-3-2-4-7-10/h2-9H,1H3/b8-5+,11-9+. The molecule has 0 amide bonds. The van der Waals surface area contributed by atoms with E-state index in [-0.39, 0.29) is 0 Å². The summed E-state index contributed by atoms with van der Waals surface area (Å²) in [6.07, 6.45) is 5.40. The van der Waals surface area contributed by atoms with Gasteiger partial charge in [0.25, 0.3) is 0 Å². The first-order chi connectivity index (χ1) is 5.93. The summed E-state index contributed by atoms with van der Waals surface area (Å²) in [5.74, 6) is 0. The maximum atomic E-state index is 4.50. The van der Waals surface area contributed by atoms with Crippen molar-refractivity contribution in [2.24, 2.45) is 5.16 Å². The molecule has 2 nitrogen and oxygen atoms in total. The first kappa shape index (κ1) is 8.53. The van der Waals surface area contributed by atoms with Crippen LogP contribution in [-0.4, -0.2) is 13.3 Å². The largest absolute Gasteiger partial charge is 0.399 e. The molecule has 1 aromatic rings. The van der Waals surface area contributed by atoms with Gasteiger partial charge >= 0.3 is 0 Å². The Kier molecular flexibility index (Phi) is 3.64. The van der Waals surface area contributed by atoms with E-state index in [0.29, 0.717) is 0 Å². The van der Waals surface area contributed by atoms with Crippen molar-refractivity contribution in [3.63, 3.8) is 0 Å². The Hall–Kier alpha value is -1.57. The molecule has 0 heterocycles. The molecule has 0 fully saturated rings. The lowest BCUT2D eigenvalue weighted by Gasteiger charge is -1.87. The molecule has 0 aromatic heterocycles. The van der Waals surface area contributed by atoms with Gasteiger partial charge in [-0.15, -0.1) is 0 Å². The number of oxime groups is 1. The van der Waals surface area contributed by atoms with Crippen LogP contribution in [0.2, 0.25) is 0 Å². The molecule has 0 radical (unpaired) electrons. The Morgan fingerprint density at radius 2 is 2.00 bits per heavy atom. The quantitative estimate of drug-likeness (QED) is 0.492. The van der Waals surface area contributed by atoms with Gasteiger partial charge in [-0.2, -0.15) is 0 Å². The SMILES string of the molecule is CO/N=C/C=C/c1ccccc1. The highest BCUT2D eigenvalue weighted by Crippen LogP contribution is 1.99. The van der Waals surface area contributed by atoms with Gasteiger partial charge in [0.2, 0.25) is 0 Å². The lowest BCUT2D eigenvalue weighted by molar-refractivity contribution is 0.215. The zero-order valence-electron chi connectivity index (χ0n) is 6.97. The van der Waals surface area contributed by atoms with Crippen LogP contribution in [0.4, 0.5) is 0 Å². The zero-order chi connectivity index (χ0) is 8.65. The molecule has 0 aliphatic heterocycles. The van der Waals surface area contributed by atoms with Crippen LogP contribution in [0.15, 0.2) is 41.6 Å². The van der Waals surface area contributed by atoms with Crippen molar-refractivity contribution in [2.45, 2.75) is 0 Å². The Morgan fingerprint density at radius 3 is 2.67 bits per heavy atom. The summed E-state index contributed by atoms with van der Waals surface area (Å²) in [4.78, 5) is 4.50. The summed E-state index contributed by atoms with van der Waals surface area (Å²) in [7, 11) is 1.52. The van der Waals surface area contributed by atoms with E-state index in [4.69, 9.17) is 0 Å². The molecule has 0 atom stereocenters. The van der Waals surface area contributed by atoms with Crippen LogP contribution in [0.25, 0.3) is 6.08 Å².